The van der Waals surface area contributed by atoms with E-state index in [0.717, 1.165) is 0 Å². The van der Waals surface area contributed by atoms with Crippen LogP contribution in [0.15, 0.2) is 18.2 Å². The molecule has 0 unspecified atom stereocenters. The van der Waals surface area contributed by atoms with Gasteiger partial charge in [-0.15, -0.1) is 0 Å². The molecule has 1 rings (SSSR count). The smallest absolute Gasteiger partial charge is 0.309 e. The van der Waals surface area contributed by atoms with Crippen molar-refractivity contribution in [2.24, 2.45) is 0 Å². The number of rotatable bonds is 4. The molecule has 0 spiro atoms. The second kappa shape index (κ2) is 4.66. The van der Waals surface area contributed by atoms with Crippen LogP contribution in [0.3, 0.4) is 0 Å². The first kappa shape index (κ1) is 14.0. The van der Waals surface area contributed by atoms with Gasteiger partial charge in [0, 0.05) is 5.69 Å². The number of nitrogen functional groups attached to an aromatic ring is 1. The number of nitrogens with two attached hydrogens (primary N) is 1. The number of benzene rings is 1. The van der Waals surface area contributed by atoms with Crippen LogP contribution < -0.4 is 11.2 Å². The highest BCUT2D eigenvalue weighted by atomic mass is 19.1. The Morgan fingerprint density at radius 2 is 1.82 bits per heavy atom. The average molecular weight is 239 g/mol. The topological polar surface area (TPSA) is 55.5 Å². The second-order valence-electron chi connectivity index (χ2n) is 5.25. The molecule has 17 heavy (non-hydrogen) atoms. The van der Waals surface area contributed by atoms with Gasteiger partial charge in [0.25, 0.3) is 0 Å². The summed E-state index contributed by atoms with van der Waals surface area (Å²) >= 11 is 0. The third-order valence-electron chi connectivity index (χ3n) is 3.05. The fourth-order valence-electron chi connectivity index (χ4n) is 1.20. The molecule has 0 amide bonds. The molecule has 0 bridgehead atoms. The molecule has 5 heteroatoms. The predicted octanol–water partition coefficient (Wildman–Crippen LogP) is 0.951. The first-order chi connectivity index (χ1) is 7.62. The molecule has 0 aliphatic carbocycles. The van der Waals surface area contributed by atoms with Crippen molar-refractivity contribution in [1.82, 2.24) is 0 Å². The monoisotopic (exact) mass is 239 g/mol. The van der Waals surface area contributed by atoms with Crippen LogP contribution in [0.25, 0.3) is 0 Å². The fourth-order valence-corrected chi connectivity index (χ4v) is 1.20. The van der Waals surface area contributed by atoms with E-state index in [1.807, 2.05) is 0 Å². The van der Waals surface area contributed by atoms with Gasteiger partial charge in [0.05, 0.1) is 11.2 Å². The lowest BCUT2D eigenvalue weighted by atomic mass is 9.82. The molecule has 0 heterocycles. The Balaban J connectivity index is 2.74. The zero-order valence-corrected chi connectivity index (χ0v) is 10.7. The van der Waals surface area contributed by atoms with Crippen molar-refractivity contribution in [2.75, 3.05) is 5.73 Å². The average Bonchev–Trinajstić information content (AvgIpc) is 2.11. The lowest BCUT2D eigenvalue weighted by Crippen LogP contribution is -2.49. The van der Waals surface area contributed by atoms with E-state index in [0.29, 0.717) is 11.2 Å². The molecule has 0 aliphatic heterocycles. The maximum atomic E-state index is 13.1. The summed E-state index contributed by atoms with van der Waals surface area (Å²) in [5.41, 5.74) is 4.85. The Labute approximate surface area is 102 Å². The summed E-state index contributed by atoms with van der Waals surface area (Å²) in [6.07, 6.45) is 0. The third-order valence-corrected chi connectivity index (χ3v) is 3.05. The van der Waals surface area contributed by atoms with Crippen molar-refractivity contribution in [1.29, 1.82) is 0 Å². The molecular weight excluding hydrogens is 220 g/mol. The van der Waals surface area contributed by atoms with Crippen LogP contribution in [-0.2, 0) is 4.65 Å². The summed E-state index contributed by atoms with van der Waals surface area (Å²) in [5, 5.41) is 9.91. The largest absolute Gasteiger partial charge is 0.427 e. The highest BCUT2D eigenvalue weighted by Gasteiger charge is 2.35. The van der Waals surface area contributed by atoms with Gasteiger partial charge in [-0.05, 0) is 51.4 Å². The van der Waals surface area contributed by atoms with E-state index in [9.17, 15) is 9.50 Å². The predicted molar refractivity (Wildman–Crippen MR) is 69.1 cm³/mol. The van der Waals surface area contributed by atoms with E-state index >= 15 is 0 Å². The van der Waals surface area contributed by atoms with Crippen LogP contribution in [0.1, 0.15) is 27.7 Å². The number of anilines is 1. The molecule has 1 aromatic rings. The van der Waals surface area contributed by atoms with Crippen LogP contribution in [-0.4, -0.2) is 23.8 Å². The highest BCUT2D eigenvalue weighted by Crippen LogP contribution is 2.24. The molecule has 3 N–H and O–H groups in total. The van der Waals surface area contributed by atoms with Crippen molar-refractivity contribution in [2.45, 2.75) is 38.9 Å². The fraction of sp³-hybridized carbons (Fsp3) is 0.500. The third kappa shape index (κ3) is 3.72. The highest BCUT2D eigenvalue weighted by molar-refractivity contribution is 6.47. The van der Waals surface area contributed by atoms with Crippen molar-refractivity contribution in [3.05, 3.63) is 24.0 Å². The van der Waals surface area contributed by atoms with Gasteiger partial charge in [-0.1, -0.05) is 0 Å². The molecule has 0 atom stereocenters. The van der Waals surface area contributed by atoms with Crippen LogP contribution in [0, 0.1) is 5.82 Å². The van der Waals surface area contributed by atoms with Gasteiger partial charge in [0.1, 0.15) is 5.82 Å². The molecule has 3 nitrogen and oxygen atoms in total. The van der Waals surface area contributed by atoms with Crippen molar-refractivity contribution in [3.63, 3.8) is 0 Å². The number of aliphatic hydroxyl groups is 1. The van der Waals surface area contributed by atoms with Gasteiger partial charge in [-0.25, -0.2) is 4.39 Å². The van der Waals surface area contributed by atoms with Gasteiger partial charge in [0.2, 0.25) is 0 Å². The first-order valence-corrected chi connectivity index (χ1v) is 5.53. The maximum absolute atomic E-state index is 13.1. The van der Waals surface area contributed by atoms with Gasteiger partial charge >= 0.3 is 7.48 Å². The Morgan fingerprint density at radius 1 is 1.24 bits per heavy atom. The SMILES string of the molecule is CC(C)(O)C(C)(C)OBc1cc(N)cc(F)c1. The van der Waals surface area contributed by atoms with Gasteiger partial charge in [-0.2, -0.15) is 0 Å². The summed E-state index contributed by atoms with van der Waals surface area (Å²) in [5.74, 6) is -0.385. The molecule has 0 radical (unpaired) electrons. The zero-order chi connectivity index (χ0) is 13.3. The van der Waals surface area contributed by atoms with E-state index in [4.69, 9.17) is 10.4 Å². The van der Waals surface area contributed by atoms with Crippen molar-refractivity contribution < 1.29 is 14.2 Å². The van der Waals surface area contributed by atoms with Crippen LogP contribution in [0.4, 0.5) is 10.1 Å². The van der Waals surface area contributed by atoms with E-state index in [2.05, 4.69) is 0 Å². The second-order valence-corrected chi connectivity index (χ2v) is 5.25. The lowest BCUT2D eigenvalue weighted by Gasteiger charge is -2.37. The summed E-state index contributed by atoms with van der Waals surface area (Å²) in [6, 6.07) is 4.28. The maximum Gasteiger partial charge on any atom is 0.309 e. The Morgan fingerprint density at radius 3 is 2.29 bits per heavy atom. The zero-order valence-electron chi connectivity index (χ0n) is 10.7. The normalized spacial score (nSPS) is 12.6. The first-order valence-electron chi connectivity index (χ1n) is 5.53. The Kier molecular flexibility index (Phi) is 3.84. The number of hydrogen-bond donors (Lipinski definition) is 2. The number of hydrogen-bond acceptors (Lipinski definition) is 3. The molecule has 0 aromatic heterocycles. The van der Waals surface area contributed by atoms with E-state index in [1.54, 1.807) is 33.8 Å². The van der Waals surface area contributed by atoms with Gasteiger partial charge in [-0.3, -0.25) is 0 Å². The van der Waals surface area contributed by atoms with Crippen LogP contribution >= 0.6 is 0 Å². The van der Waals surface area contributed by atoms with Crippen LogP contribution in [0.2, 0.25) is 0 Å². The van der Waals surface area contributed by atoms with E-state index in [1.165, 1.54) is 12.1 Å². The molecule has 0 saturated carbocycles. The Bertz CT molecular complexity index is 382. The minimum absolute atomic E-state index is 0.207. The standard InChI is InChI=1S/C12H19BFNO2/c1-11(2,16)12(3,4)17-13-8-5-9(14)7-10(15)6-8/h5-7,13,16H,15H2,1-4H3. The summed E-state index contributed by atoms with van der Waals surface area (Å²) in [4.78, 5) is 0. The van der Waals surface area contributed by atoms with E-state index < -0.39 is 11.2 Å². The van der Waals surface area contributed by atoms with Crippen LogP contribution in [0.5, 0.6) is 0 Å². The Hall–Kier alpha value is -1.07. The summed E-state index contributed by atoms with van der Waals surface area (Å²) in [7, 11) is 0.207. The molecule has 0 fully saturated rings. The summed E-state index contributed by atoms with van der Waals surface area (Å²) in [6.45, 7) is 6.92. The minimum Gasteiger partial charge on any atom is -0.427 e. The minimum atomic E-state index is -0.980. The number of halogens is 1. The molecule has 94 valence electrons. The van der Waals surface area contributed by atoms with Crippen molar-refractivity contribution in [3.8, 4) is 0 Å². The molecule has 0 saturated heterocycles. The quantitative estimate of drug-likeness (QED) is 0.607. The lowest BCUT2D eigenvalue weighted by molar-refractivity contribution is -0.0893. The van der Waals surface area contributed by atoms with Gasteiger partial charge < -0.3 is 15.5 Å². The van der Waals surface area contributed by atoms with Crippen molar-refractivity contribution >= 4 is 18.6 Å². The summed E-state index contributed by atoms with van der Waals surface area (Å²) < 4.78 is 18.7. The molecule has 1 aromatic carbocycles. The molecule has 0 aliphatic rings. The van der Waals surface area contributed by atoms with E-state index in [-0.39, 0.29) is 13.3 Å². The van der Waals surface area contributed by atoms with Gasteiger partial charge in [0.15, 0.2) is 0 Å². The molecular formula is C12H19BFNO2.